The van der Waals surface area contributed by atoms with Crippen LogP contribution in [0.2, 0.25) is 5.02 Å². The van der Waals surface area contributed by atoms with Gasteiger partial charge in [-0.25, -0.2) is 0 Å². The topological polar surface area (TPSA) is 40.5 Å². The third-order valence-corrected chi connectivity index (χ3v) is 2.90. The second kappa shape index (κ2) is 4.06. The van der Waals surface area contributed by atoms with Crippen LogP contribution >= 0.6 is 11.6 Å². The highest BCUT2D eigenvalue weighted by atomic mass is 35.5. The van der Waals surface area contributed by atoms with Crippen molar-refractivity contribution in [2.45, 2.75) is 6.92 Å². The normalized spacial score (nSPS) is 10.4. The summed E-state index contributed by atoms with van der Waals surface area (Å²) in [5.41, 5.74) is 2.57. The van der Waals surface area contributed by atoms with Gasteiger partial charge in [-0.05, 0) is 30.2 Å². The Bertz CT molecular complexity index is 535. The molecule has 2 aromatic rings. The van der Waals surface area contributed by atoms with Gasteiger partial charge in [0.15, 0.2) is 0 Å². The standard InChI is InChI=1S/C13H11ClO2/c1-8-4-2-3-5-9(8)10-6-7-11(15)12(14)13(10)16/h2-7,15-16H,1H3. The molecular weight excluding hydrogens is 224 g/mol. The van der Waals surface area contributed by atoms with Crippen molar-refractivity contribution < 1.29 is 10.2 Å². The van der Waals surface area contributed by atoms with Gasteiger partial charge in [0.2, 0.25) is 0 Å². The van der Waals surface area contributed by atoms with E-state index in [0.717, 1.165) is 11.1 Å². The summed E-state index contributed by atoms with van der Waals surface area (Å²) in [6, 6.07) is 10.8. The Morgan fingerprint density at radius 3 is 2.31 bits per heavy atom. The fourth-order valence-corrected chi connectivity index (χ4v) is 1.81. The number of hydrogen-bond donors (Lipinski definition) is 2. The maximum atomic E-state index is 9.86. The highest BCUT2D eigenvalue weighted by Gasteiger charge is 2.12. The van der Waals surface area contributed by atoms with Gasteiger partial charge < -0.3 is 10.2 Å². The number of hydrogen-bond acceptors (Lipinski definition) is 2. The second-order valence-electron chi connectivity index (χ2n) is 3.61. The minimum Gasteiger partial charge on any atom is -0.506 e. The summed E-state index contributed by atoms with van der Waals surface area (Å²) in [6.07, 6.45) is 0. The molecule has 0 aliphatic heterocycles. The van der Waals surface area contributed by atoms with Gasteiger partial charge in [-0.2, -0.15) is 0 Å². The van der Waals surface area contributed by atoms with Gasteiger partial charge in [0.25, 0.3) is 0 Å². The van der Waals surface area contributed by atoms with Crippen LogP contribution < -0.4 is 0 Å². The molecule has 0 saturated carbocycles. The van der Waals surface area contributed by atoms with Crippen molar-refractivity contribution >= 4 is 11.6 Å². The molecule has 2 rings (SSSR count). The number of phenols is 2. The Kier molecular flexibility index (Phi) is 2.75. The summed E-state index contributed by atoms with van der Waals surface area (Å²) >= 11 is 5.79. The Morgan fingerprint density at radius 2 is 1.62 bits per heavy atom. The molecule has 0 bridgehead atoms. The average Bonchev–Trinajstić information content (AvgIpc) is 2.28. The van der Waals surface area contributed by atoms with Crippen LogP contribution in [0.5, 0.6) is 11.5 Å². The fraction of sp³-hybridized carbons (Fsp3) is 0.0769. The van der Waals surface area contributed by atoms with Crippen molar-refractivity contribution in [2.24, 2.45) is 0 Å². The summed E-state index contributed by atoms with van der Waals surface area (Å²) in [6.45, 7) is 1.95. The molecule has 0 aliphatic carbocycles. The minimum absolute atomic E-state index is 0.0132. The molecule has 0 saturated heterocycles. The lowest BCUT2D eigenvalue weighted by Crippen LogP contribution is -1.84. The maximum Gasteiger partial charge on any atom is 0.145 e. The number of aryl methyl sites for hydroxylation is 1. The van der Waals surface area contributed by atoms with Gasteiger partial charge in [-0.3, -0.25) is 0 Å². The lowest BCUT2D eigenvalue weighted by Gasteiger charge is -2.09. The fourth-order valence-electron chi connectivity index (χ4n) is 1.65. The van der Waals surface area contributed by atoms with Gasteiger partial charge in [0.1, 0.15) is 16.5 Å². The Morgan fingerprint density at radius 1 is 0.938 bits per heavy atom. The first kappa shape index (κ1) is 10.8. The van der Waals surface area contributed by atoms with Crippen molar-refractivity contribution in [3.05, 3.63) is 47.0 Å². The van der Waals surface area contributed by atoms with Crippen molar-refractivity contribution in [1.82, 2.24) is 0 Å². The zero-order valence-electron chi connectivity index (χ0n) is 8.74. The van der Waals surface area contributed by atoms with E-state index in [4.69, 9.17) is 11.6 Å². The first-order valence-electron chi connectivity index (χ1n) is 4.87. The predicted molar refractivity (Wildman–Crippen MR) is 65.0 cm³/mol. The molecule has 0 aromatic heterocycles. The summed E-state index contributed by atoms with van der Waals surface area (Å²) in [4.78, 5) is 0. The van der Waals surface area contributed by atoms with E-state index in [2.05, 4.69) is 0 Å². The third-order valence-electron chi connectivity index (χ3n) is 2.53. The SMILES string of the molecule is Cc1ccccc1-c1ccc(O)c(Cl)c1O. The molecule has 0 atom stereocenters. The third kappa shape index (κ3) is 1.72. The lowest BCUT2D eigenvalue weighted by atomic mass is 10.00. The first-order valence-corrected chi connectivity index (χ1v) is 5.25. The van der Waals surface area contributed by atoms with Crippen LogP contribution in [-0.4, -0.2) is 10.2 Å². The van der Waals surface area contributed by atoms with Crippen molar-refractivity contribution in [2.75, 3.05) is 0 Å². The zero-order chi connectivity index (χ0) is 11.7. The monoisotopic (exact) mass is 234 g/mol. The number of phenolic OH excluding ortho intramolecular Hbond substituents is 2. The van der Waals surface area contributed by atoms with E-state index in [1.54, 1.807) is 6.07 Å². The molecule has 2 N–H and O–H groups in total. The van der Waals surface area contributed by atoms with Crippen molar-refractivity contribution in [1.29, 1.82) is 0 Å². The molecular formula is C13H11ClO2. The molecule has 3 heteroatoms. The number of aromatic hydroxyl groups is 2. The average molecular weight is 235 g/mol. The highest BCUT2D eigenvalue weighted by molar-refractivity contribution is 6.34. The van der Waals surface area contributed by atoms with E-state index in [1.807, 2.05) is 31.2 Å². The smallest absolute Gasteiger partial charge is 0.145 e. The predicted octanol–water partition coefficient (Wildman–Crippen LogP) is 3.73. The summed E-state index contributed by atoms with van der Waals surface area (Å²) in [5.74, 6) is -0.201. The van der Waals surface area contributed by atoms with Crippen LogP contribution in [0.1, 0.15) is 5.56 Å². The molecule has 0 heterocycles. The number of benzene rings is 2. The molecule has 0 aliphatic rings. The number of halogens is 1. The van der Waals surface area contributed by atoms with Crippen LogP contribution in [0.15, 0.2) is 36.4 Å². The highest BCUT2D eigenvalue weighted by Crippen LogP contribution is 2.41. The molecule has 0 unspecified atom stereocenters. The summed E-state index contributed by atoms with van der Waals surface area (Å²) < 4.78 is 0. The summed E-state index contributed by atoms with van der Waals surface area (Å²) in [5, 5.41) is 19.2. The van der Waals surface area contributed by atoms with Gasteiger partial charge in [0.05, 0.1) is 0 Å². The van der Waals surface area contributed by atoms with E-state index in [1.165, 1.54) is 6.07 Å². The zero-order valence-corrected chi connectivity index (χ0v) is 9.49. The summed E-state index contributed by atoms with van der Waals surface area (Å²) in [7, 11) is 0. The van der Waals surface area contributed by atoms with Crippen LogP contribution in [0, 0.1) is 6.92 Å². The van der Waals surface area contributed by atoms with Crippen LogP contribution in [0.3, 0.4) is 0 Å². The van der Waals surface area contributed by atoms with Crippen molar-refractivity contribution in [3.8, 4) is 22.6 Å². The Balaban J connectivity index is 2.66. The van der Waals surface area contributed by atoms with Crippen LogP contribution in [0.25, 0.3) is 11.1 Å². The largest absolute Gasteiger partial charge is 0.506 e. The molecule has 16 heavy (non-hydrogen) atoms. The molecule has 2 aromatic carbocycles. The van der Waals surface area contributed by atoms with E-state index in [9.17, 15) is 10.2 Å². The van der Waals surface area contributed by atoms with Crippen LogP contribution in [-0.2, 0) is 0 Å². The van der Waals surface area contributed by atoms with E-state index in [-0.39, 0.29) is 16.5 Å². The number of rotatable bonds is 1. The molecule has 0 spiro atoms. The molecule has 0 amide bonds. The lowest BCUT2D eigenvalue weighted by molar-refractivity contribution is 0.452. The van der Waals surface area contributed by atoms with Crippen LogP contribution in [0.4, 0.5) is 0 Å². The first-order chi connectivity index (χ1) is 7.61. The molecule has 2 nitrogen and oxygen atoms in total. The second-order valence-corrected chi connectivity index (χ2v) is 3.99. The van der Waals surface area contributed by atoms with Gasteiger partial charge >= 0.3 is 0 Å². The molecule has 82 valence electrons. The van der Waals surface area contributed by atoms with E-state index < -0.39 is 0 Å². The van der Waals surface area contributed by atoms with Gasteiger partial charge in [-0.1, -0.05) is 35.9 Å². The Labute approximate surface area is 98.7 Å². The van der Waals surface area contributed by atoms with E-state index in [0.29, 0.717) is 5.56 Å². The quantitative estimate of drug-likeness (QED) is 0.789. The minimum atomic E-state index is -0.114. The van der Waals surface area contributed by atoms with Gasteiger partial charge in [0, 0.05) is 5.56 Å². The van der Waals surface area contributed by atoms with E-state index >= 15 is 0 Å². The van der Waals surface area contributed by atoms with Gasteiger partial charge in [-0.15, -0.1) is 0 Å². The Hall–Kier alpha value is -1.67. The maximum absolute atomic E-state index is 9.86. The molecule has 0 fully saturated rings. The van der Waals surface area contributed by atoms with Crippen molar-refractivity contribution in [3.63, 3.8) is 0 Å². The molecule has 0 radical (unpaired) electrons.